The summed E-state index contributed by atoms with van der Waals surface area (Å²) < 4.78 is 5.51. The van der Waals surface area contributed by atoms with Crippen LogP contribution >= 0.6 is 11.3 Å². The number of hydrogen-bond acceptors (Lipinski definition) is 3. The summed E-state index contributed by atoms with van der Waals surface area (Å²) >= 11 is 1.69. The Hall–Kier alpha value is -1.81. The van der Waals surface area contributed by atoms with E-state index in [-0.39, 0.29) is 11.3 Å². The minimum absolute atomic E-state index is 0.288. The first-order chi connectivity index (χ1) is 11.2. The summed E-state index contributed by atoms with van der Waals surface area (Å²) in [6, 6.07) is 10.5. The standard InChI is InChI=1S/C19H21NO2S/c1-22-17-5-3-2-4-16(17)19(9-10-19)18(21)20(15-6-7-15)12-14-8-11-23-13-14/h2-5,8,11,13,15H,6-7,9-10,12H2,1H3. The summed E-state index contributed by atoms with van der Waals surface area (Å²) in [5.41, 5.74) is 1.94. The van der Waals surface area contributed by atoms with E-state index in [4.69, 9.17) is 4.74 Å². The van der Waals surface area contributed by atoms with Crippen LogP contribution in [0.1, 0.15) is 36.8 Å². The second kappa shape index (κ2) is 5.68. The van der Waals surface area contributed by atoms with E-state index in [0.29, 0.717) is 6.04 Å². The zero-order valence-electron chi connectivity index (χ0n) is 13.3. The van der Waals surface area contributed by atoms with E-state index in [2.05, 4.69) is 27.8 Å². The van der Waals surface area contributed by atoms with Gasteiger partial charge in [-0.15, -0.1) is 0 Å². The molecule has 4 heteroatoms. The van der Waals surface area contributed by atoms with Gasteiger partial charge in [-0.05, 0) is 54.1 Å². The molecule has 0 bridgehead atoms. The lowest BCUT2D eigenvalue weighted by Crippen LogP contribution is -2.40. The smallest absolute Gasteiger partial charge is 0.233 e. The van der Waals surface area contributed by atoms with Crippen molar-refractivity contribution in [2.45, 2.75) is 43.7 Å². The largest absolute Gasteiger partial charge is 0.496 e. The molecule has 23 heavy (non-hydrogen) atoms. The molecule has 2 fully saturated rings. The lowest BCUT2D eigenvalue weighted by Gasteiger charge is -2.28. The third-order valence-corrected chi connectivity index (χ3v) is 5.70. The monoisotopic (exact) mass is 327 g/mol. The van der Waals surface area contributed by atoms with Crippen LogP contribution in [0, 0.1) is 0 Å². The normalized spacial score (nSPS) is 18.5. The van der Waals surface area contributed by atoms with E-state index in [0.717, 1.165) is 43.5 Å². The van der Waals surface area contributed by atoms with Crippen molar-refractivity contribution >= 4 is 17.2 Å². The highest BCUT2D eigenvalue weighted by Gasteiger charge is 2.56. The number of rotatable bonds is 6. The minimum Gasteiger partial charge on any atom is -0.496 e. The first-order valence-corrected chi connectivity index (χ1v) is 9.14. The number of ether oxygens (including phenoxy) is 1. The number of nitrogens with zero attached hydrogens (tertiary/aromatic N) is 1. The Morgan fingerprint density at radius 3 is 2.70 bits per heavy atom. The van der Waals surface area contributed by atoms with Crippen LogP contribution in [0.25, 0.3) is 0 Å². The number of thiophene rings is 1. The summed E-state index contributed by atoms with van der Waals surface area (Å²) in [6.07, 6.45) is 4.13. The van der Waals surface area contributed by atoms with E-state index in [9.17, 15) is 4.79 Å². The first kappa shape index (κ1) is 14.8. The fourth-order valence-electron chi connectivity index (χ4n) is 3.37. The summed E-state index contributed by atoms with van der Waals surface area (Å²) in [5.74, 6) is 1.13. The molecule has 1 amide bonds. The number of hydrogen-bond donors (Lipinski definition) is 0. The SMILES string of the molecule is COc1ccccc1C1(C(=O)N(Cc2ccsc2)C2CC2)CC1. The highest BCUT2D eigenvalue weighted by Crippen LogP contribution is 2.53. The number of carbonyl (C=O) groups is 1. The molecule has 0 unspecified atom stereocenters. The maximum Gasteiger partial charge on any atom is 0.233 e. The van der Waals surface area contributed by atoms with Crippen LogP contribution in [0.3, 0.4) is 0 Å². The maximum atomic E-state index is 13.4. The van der Waals surface area contributed by atoms with E-state index in [1.54, 1.807) is 18.4 Å². The third-order valence-electron chi connectivity index (χ3n) is 4.96. The van der Waals surface area contributed by atoms with Crippen LogP contribution in [0.4, 0.5) is 0 Å². The highest BCUT2D eigenvalue weighted by atomic mass is 32.1. The predicted octanol–water partition coefficient (Wildman–Crippen LogP) is 3.98. The van der Waals surface area contributed by atoms with Crippen LogP contribution in [-0.4, -0.2) is 24.0 Å². The van der Waals surface area contributed by atoms with Crippen LogP contribution in [0.2, 0.25) is 0 Å². The molecule has 2 aliphatic rings. The minimum atomic E-state index is -0.356. The molecule has 4 rings (SSSR count). The molecule has 3 nitrogen and oxygen atoms in total. The summed E-state index contributed by atoms with van der Waals surface area (Å²) in [7, 11) is 1.68. The van der Waals surface area contributed by atoms with Gasteiger partial charge in [-0.3, -0.25) is 4.79 Å². The van der Waals surface area contributed by atoms with E-state index in [1.807, 2.05) is 18.2 Å². The third kappa shape index (κ3) is 2.65. The topological polar surface area (TPSA) is 29.5 Å². The van der Waals surface area contributed by atoms with Gasteiger partial charge in [-0.25, -0.2) is 0 Å². The number of para-hydroxylation sites is 1. The molecule has 1 aromatic heterocycles. The van der Waals surface area contributed by atoms with Gasteiger partial charge in [0.2, 0.25) is 5.91 Å². The molecule has 0 atom stereocenters. The van der Waals surface area contributed by atoms with E-state index < -0.39 is 0 Å². The number of methoxy groups -OCH3 is 1. The van der Waals surface area contributed by atoms with Crippen molar-refractivity contribution in [3.05, 3.63) is 52.2 Å². The fourth-order valence-corrected chi connectivity index (χ4v) is 4.03. The Bertz CT molecular complexity index is 702. The van der Waals surface area contributed by atoms with Gasteiger partial charge in [-0.1, -0.05) is 18.2 Å². The second-order valence-corrected chi connectivity index (χ2v) is 7.36. The molecule has 0 radical (unpaired) electrons. The van der Waals surface area contributed by atoms with Crippen molar-refractivity contribution in [3.8, 4) is 5.75 Å². The highest BCUT2D eigenvalue weighted by molar-refractivity contribution is 7.07. The van der Waals surface area contributed by atoms with Crippen LogP contribution < -0.4 is 4.74 Å². The van der Waals surface area contributed by atoms with Crippen LogP contribution in [0.5, 0.6) is 5.75 Å². The Kier molecular flexibility index (Phi) is 3.64. The summed E-state index contributed by atoms with van der Waals surface area (Å²) in [6.45, 7) is 0.740. The molecule has 2 aromatic rings. The van der Waals surface area contributed by atoms with Gasteiger partial charge in [-0.2, -0.15) is 11.3 Å². The van der Waals surface area contributed by atoms with E-state index in [1.165, 1.54) is 5.56 Å². The molecule has 120 valence electrons. The van der Waals surface area contributed by atoms with Crippen molar-refractivity contribution in [3.63, 3.8) is 0 Å². The van der Waals surface area contributed by atoms with Crippen molar-refractivity contribution < 1.29 is 9.53 Å². The molecule has 0 spiro atoms. The van der Waals surface area contributed by atoms with Crippen molar-refractivity contribution in [2.75, 3.05) is 7.11 Å². The van der Waals surface area contributed by atoms with Crippen molar-refractivity contribution in [1.29, 1.82) is 0 Å². The fraction of sp³-hybridized carbons (Fsp3) is 0.421. The molecule has 1 aromatic carbocycles. The molecule has 2 aliphatic carbocycles. The first-order valence-electron chi connectivity index (χ1n) is 8.20. The average molecular weight is 327 g/mol. The molecule has 1 heterocycles. The van der Waals surface area contributed by atoms with Crippen LogP contribution in [-0.2, 0) is 16.8 Å². The average Bonchev–Trinajstić information content (AvgIpc) is 3.51. The lowest BCUT2D eigenvalue weighted by molar-refractivity contribution is -0.135. The van der Waals surface area contributed by atoms with Gasteiger partial charge in [0.15, 0.2) is 0 Å². The molecule has 0 saturated heterocycles. The molecule has 0 aliphatic heterocycles. The molecule has 2 saturated carbocycles. The number of amides is 1. The van der Waals surface area contributed by atoms with Gasteiger partial charge in [0.05, 0.1) is 12.5 Å². The zero-order chi connectivity index (χ0) is 15.9. The van der Waals surface area contributed by atoms with Gasteiger partial charge in [0, 0.05) is 18.2 Å². The van der Waals surface area contributed by atoms with Gasteiger partial charge < -0.3 is 9.64 Å². The van der Waals surface area contributed by atoms with Crippen molar-refractivity contribution in [1.82, 2.24) is 4.90 Å². The molecular formula is C19H21NO2S. The number of benzene rings is 1. The number of carbonyl (C=O) groups excluding carboxylic acids is 1. The van der Waals surface area contributed by atoms with Crippen LogP contribution in [0.15, 0.2) is 41.1 Å². The van der Waals surface area contributed by atoms with Gasteiger partial charge in [0.1, 0.15) is 5.75 Å². The van der Waals surface area contributed by atoms with Gasteiger partial charge in [0.25, 0.3) is 0 Å². The summed E-state index contributed by atoms with van der Waals surface area (Å²) in [4.78, 5) is 15.5. The Balaban J connectivity index is 1.63. The lowest BCUT2D eigenvalue weighted by atomic mass is 9.93. The Morgan fingerprint density at radius 2 is 2.09 bits per heavy atom. The Morgan fingerprint density at radius 1 is 1.30 bits per heavy atom. The zero-order valence-corrected chi connectivity index (χ0v) is 14.1. The van der Waals surface area contributed by atoms with Gasteiger partial charge >= 0.3 is 0 Å². The molecule has 0 N–H and O–H groups in total. The van der Waals surface area contributed by atoms with Crippen molar-refractivity contribution in [2.24, 2.45) is 0 Å². The second-order valence-electron chi connectivity index (χ2n) is 6.58. The predicted molar refractivity (Wildman–Crippen MR) is 91.8 cm³/mol. The molecular weight excluding hydrogens is 306 g/mol. The van der Waals surface area contributed by atoms with E-state index >= 15 is 0 Å². The Labute approximate surface area is 140 Å². The quantitative estimate of drug-likeness (QED) is 0.803. The maximum absolute atomic E-state index is 13.4. The summed E-state index contributed by atoms with van der Waals surface area (Å²) in [5, 5.41) is 4.23.